The van der Waals surface area contributed by atoms with E-state index in [9.17, 15) is 9.50 Å². The van der Waals surface area contributed by atoms with Crippen LogP contribution in [0.5, 0.6) is 5.75 Å². The molecule has 0 aliphatic heterocycles. The number of benzene rings is 2. The van der Waals surface area contributed by atoms with Crippen LogP contribution in [0.2, 0.25) is 0 Å². The van der Waals surface area contributed by atoms with Crippen molar-refractivity contribution in [2.45, 2.75) is 20.0 Å². The number of nitrogens with zero attached hydrogens (tertiary/aromatic N) is 2. The summed E-state index contributed by atoms with van der Waals surface area (Å²) in [6.07, 6.45) is 3.40. The highest BCUT2D eigenvalue weighted by atomic mass is 19.1. The van der Waals surface area contributed by atoms with Crippen LogP contribution in [0.1, 0.15) is 17.0 Å². The average Bonchev–Trinajstić information content (AvgIpc) is 2.94. The molecule has 1 heterocycles. The molecule has 0 radical (unpaired) electrons. The van der Waals surface area contributed by atoms with Crippen molar-refractivity contribution < 1.29 is 9.50 Å². The molecule has 0 unspecified atom stereocenters. The summed E-state index contributed by atoms with van der Waals surface area (Å²) in [5.74, 6) is 0.719. The number of aromatic nitrogens is 2. The summed E-state index contributed by atoms with van der Waals surface area (Å²) in [6, 6.07) is 12.3. The molecule has 0 fully saturated rings. The maximum absolute atomic E-state index is 14.3. The molecule has 0 atom stereocenters. The molecule has 0 amide bonds. The maximum Gasteiger partial charge on any atom is 0.147 e. The Labute approximate surface area is 134 Å². The number of aryl methyl sites for hydroxylation is 1. The smallest absolute Gasteiger partial charge is 0.147 e. The lowest BCUT2D eigenvalue weighted by Crippen LogP contribution is -2.13. The van der Waals surface area contributed by atoms with E-state index in [2.05, 4.69) is 10.3 Å². The maximum atomic E-state index is 14.3. The molecule has 0 bridgehead atoms. The van der Waals surface area contributed by atoms with E-state index in [0.29, 0.717) is 18.8 Å². The first-order chi connectivity index (χ1) is 11.1. The van der Waals surface area contributed by atoms with Gasteiger partial charge in [0.2, 0.25) is 0 Å². The van der Waals surface area contributed by atoms with Crippen LogP contribution < -0.4 is 5.32 Å². The molecule has 0 aliphatic rings. The van der Waals surface area contributed by atoms with Gasteiger partial charge in [0.05, 0.1) is 5.69 Å². The van der Waals surface area contributed by atoms with Gasteiger partial charge in [0.15, 0.2) is 0 Å². The van der Waals surface area contributed by atoms with Crippen molar-refractivity contribution >= 4 is 0 Å². The quantitative estimate of drug-likeness (QED) is 0.760. The van der Waals surface area contributed by atoms with E-state index >= 15 is 0 Å². The first-order valence-electron chi connectivity index (χ1n) is 7.41. The minimum Gasteiger partial charge on any atom is -0.508 e. The van der Waals surface area contributed by atoms with Gasteiger partial charge in [-0.25, -0.2) is 9.37 Å². The molecule has 0 spiro atoms. The molecule has 3 rings (SSSR count). The normalized spacial score (nSPS) is 10.9. The van der Waals surface area contributed by atoms with Crippen molar-refractivity contribution in [3.63, 3.8) is 0 Å². The number of rotatable bonds is 5. The van der Waals surface area contributed by atoms with Gasteiger partial charge in [-0.1, -0.05) is 18.2 Å². The van der Waals surface area contributed by atoms with E-state index in [1.165, 1.54) is 6.07 Å². The zero-order valence-electron chi connectivity index (χ0n) is 12.8. The number of imidazole rings is 1. The van der Waals surface area contributed by atoms with E-state index in [-0.39, 0.29) is 11.6 Å². The van der Waals surface area contributed by atoms with Gasteiger partial charge in [0.25, 0.3) is 0 Å². The highest BCUT2D eigenvalue weighted by Crippen LogP contribution is 2.17. The Morgan fingerprint density at radius 3 is 2.57 bits per heavy atom. The van der Waals surface area contributed by atoms with Crippen LogP contribution in [0.25, 0.3) is 5.69 Å². The van der Waals surface area contributed by atoms with Gasteiger partial charge >= 0.3 is 0 Å². The molecule has 2 aromatic carbocycles. The van der Waals surface area contributed by atoms with Crippen LogP contribution in [0.3, 0.4) is 0 Å². The molecular formula is C18H18FN3O. The number of hydrogen-bond acceptors (Lipinski definition) is 3. The largest absolute Gasteiger partial charge is 0.508 e. The molecular weight excluding hydrogens is 293 g/mol. The number of hydrogen-bond donors (Lipinski definition) is 2. The van der Waals surface area contributed by atoms with Gasteiger partial charge in [0, 0.05) is 25.5 Å². The van der Waals surface area contributed by atoms with Crippen molar-refractivity contribution in [3.05, 3.63) is 77.6 Å². The SMILES string of the molecule is Cc1nccn1-c1ccc(CNCc2cccc(O)c2)cc1F. The van der Waals surface area contributed by atoms with E-state index in [0.717, 1.165) is 17.0 Å². The van der Waals surface area contributed by atoms with Gasteiger partial charge in [-0.3, -0.25) is 0 Å². The van der Waals surface area contributed by atoms with Crippen molar-refractivity contribution in [1.82, 2.24) is 14.9 Å². The summed E-state index contributed by atoms with van der Waals surface area (Å²) < 4.78 is 16.0. The van der Waals surface area contributed by atoms with E-state index < -0.39 is 0 Å². The summed E-state index contributed by atoms with van der Waals surface area (Å²) in [6.45, 7) is 3.00. The summed E-state index contributed by atoms with van der Waals surface area (Å²) in [5, 5.41) is 12.7. The second kappa shape index (κ2) is 6.62. The van der Waals surface area contributed by atoms with Crippen LogP contribution in [-0.4, -0.2) is 14.7 Å². The Morgan fingerprint density at radius 1 is 1.13 bits per heavy atom. The fourth-order valence-electron chi connectivity index (χ4n) is 2.51. The van der Waals surface area contributed by atoms with Crippen molar-refractivity contribution in [1.29, 1.82) is 0 Å². The first kappa shape index (κ1) is 15.2. The Bertz CT molecular complexity index is 814. The van der Waals surface area contributed by atoms with Crippen LogP contribution in [0.4, 0.5) is 4.39 Å². The van der Waals surface area contributed by atoms with Gasteiger partial charge in [-0.05, 0) is 42.3 Å². The Morgan fingerprint density at radius 2 is 1.91 bits per heavy atom. The number of halogens is 1. The summed E-state index contributed by atoms with van der Waals surface area (Å²) in [4.78, 5) is 4.11. The highest BCUT2D eigenvalue weighted by molar-refractivity contribution is 5.37. The van der Waals surface area contributed by atoms with Crippen LogP contribution in [-0.2, 0) is 13.1 Å². The average molecular weight is 311 g/mol. The molecule has 0 aliphatic carbocycles. The van der Waals surface area contributed by atoms with Crippen molar-refractivity contribution in [3.8, 4) is 11.4 Å². The Kier molecular flexibility index (Phi) is 4.39. The topological polar surface area (TPSA) is 50.1 Å². The fourth-order valence-corrected chi connectivity index (χ4v) is 2.51. The molecule has 0 saturated carbocycles. The van der Waals surface area contributed by atoms with Crippen molar-refractivity contribution in [2.24, 2.45) is 0 Å². The number of phenolic OH excluding ortho intramolecular Hbond substituents is 1. The van der Waals surface area contributed by atoms with E-state index in [1.807, 2.05) is 19.1 Å². The summed E-state index contributed by atoms with van der Waals surface area (Å²) in [5.41, 5.74) is 2.34. The van der Waals surface area contributed by atoms with Crippen LogP contribution >= 0.6 is 0 Å². The zero-order chi connectivity index (χ0) is 16.2. The highest BCUT2D eigenvalue weighted by Gasteiger charge is 2.07. The van der Waals surface area contributed by atoms with Gasteiger partial charge in [-0.2, -0.15) is 0 Å². The second-order valence-electron chi connectivity index (χ2n) is 5.40. The minimum atomic E-state index is -0.275. The molecule has 5 heteroatoms. The Balaban J connectivity index is 1.65. The van der Waals surface area contributed by atoms with Crippen molar-refractivity contribution in [2.75, 3.05) is 0 Å². The van der Waals surface area contributed by atoms with E-state index in [1.54, 1.807) is 41.2 Å². The molecule has 1 aromatic heterocycles. The predicted octanol–water partition coefficient (Wildman–Crippen LogP) is 3.32. The zero-order valence-corrected chi connectivity index (χ0v) is 12.8. The van der Waals surface area contributed by atoms with Crippen LogP contribution in [0.15, 0.2) is 54.9 Å². The lowest BCUT2D eigenvalue weighted by atomic mass is 10.1. The monoisotopic (exact) mass is 311 g/mol. The number of phenols is 1. The first-order valence-corrected chi connectivity index (χ1v) is 7.41. The van der Waals surface area contributed by atoms with E-state index in [4.69, 9.17) is 0 Å². The molecule has 4 nitrogen and oxygen atoms in total. The summed E-state index contributed by atoms with van der Waals surface area (Å²) >= 11 is 0. The second-order valence-corrected chi connectivity index (χ2v) is 5.40. The lowest BCUT2D eigenvalue weighted by molar-refractivity contribution is 0.474. The third-order valence-corrected chi connectivity index (χ3v) is 3.67. The van der Waals surface area contributed by atoms with Crippen LogP contribution in [0, 0.1) is 12.7 Å². The standard InChI is InChI=1S/C18H18FN3O/c1-13-21-7-8-22(13)18-6-5-15(10-17(18)19)12-20-11-14-3-2-4-16(23)9-14/h2-10,20,23H,11-12H2,1H3. The fraction of sp³-hybridized carbons (Fsp3) is 0.167. The third-order valence-electron chi connectivity index (χ3n) is 3.67. The Hall–Kier alpha value is -2.66. The van der Waals surface area contributed by atoms with Gasteiger partial charge in [0.1, 0.15) is 17.4 Å². The lowest BCUT2D eigenvalue weighted by Gasteiger charge is -2.10. The predicted molar refractivity (Wildman–Crippen MR) is 86.9 cm³/mol. The number of nitrogens with one attached hydrogen (secondary N) is 1. The molecule has 3 aromatic rings. The van der Waals surface area contributed by atoms with Gasteiger partial charge < -0.3 is 15.0 Å². The summed E-state index contributed by atoms with van der Waals surface area (Å²) in [7, 11) is 0. The molecule has 118 valence electrons. The number of aromatic hydroxyl groups is 1. The molecule has 0 saturated heterocycles. The van der Waals surface area contributed by atoms with Gasteiger partial charge in [-0.15, -0.1) is 0 Å². The third kappa shape index (κ3) is 3.57. The molecule has 23 heavy (non-hydrogen) atoms. The molecule has 2 N–H and O–H groups in total. The minimum absolute atomic E-state index is 0.246.